The molecule has 0 bridgehead atoms. The summed E-state index contributed by atoms with van der Waals surface area (Å²) in [6, 6.07) is 11.8. The van der Waals surface area contributed by atoms with E-state index in [-0.39, 0.29) is 0 Å². The van der Waals surface area contributed by atoms with Crippen LogP contribution in [0.5, 0.6) is 5.75 Å². The fourth-order valence-corrected chi connectivity index (χ4v) is 2.75. The fourth-order valence-electron chi connectivity index (χ4n) is 1.37. The summed E-state index contributed by atoms with van der Waals surface area (Å²) in [7, 11) is 0. The zero-order chi connectivity index (χ0) is 12.1. The Bertz CT molecular complexity index is 527. The highest BCUT2D eigenvalue weighted by atomic mass is 79.9. The predicted octanol–water partition coefficient (Wildman–Crippen LogP) is 4.16. The minimum absolute atomic E-state index is 0.441. The number of halogens is 1. The topological polar surface area (TPSA) is 33.0 Å². The van der Waals surface area contributed by atoms with E-state index in [4.69, 9.17) is 10.00 Å². The number of hydrogen-bond donors (Lipinski definition) is 0. The van der Waals surface area contributed by atoms with Gasteiger partial charge in [0, 0.05) is 4.47 Å². The predicted molar refractivity (Wildman–Crippen MR) is 72.1 cm³/mol. The molecule has 0 fully saturated rings. The summed E-state index contributed by atoms with van der Waals surface area (Å²) >= 11 is 5.13. The van der Waals surface area contributed by atoms with Gasteiger partial charge in [-0.3, -0.25) is 0 Å². The maximum absolute atomic E-state index is 8.56. The first-order valence-electron chi connectivity index (χ1n) is 5.10. The van der Waals surface area contributed by atoms with Crippen LogP contribution in [0.1, 0.15) is 10.4 Å². The molecule has 0 amide bonds. The second kappa shape index (κ2) is 5.85. The van der Waals surface area contributed by atoms with Crippen molar-refractivity contribution in [2.75, 3.05) is 0 Å². The van der Waals surface area contributed by atoms with Crippen LogP contribution < -0.4 is 4.74 Å². The lowest BCUT2D eigenvalue weighted by atomic mass is 10.2. The van der Waals surface area contributed by atoms with E-state index >= 15 is 0 Å². The Labute approximate surface area is 113 Å². The summed E-state index contributed by atoms with van der Waals surface area (Å²) in [5.41, 5.74) is 1.01. The van der Waals surface area contributed by atoms with E-state index in [0.29, 0.717) is 13.0 Å². The number of nitriles is 1. The number of benzene rings is 1. The van der Waals surface area contributed by atoms with E-state index in [0.717, 1.165) is 15.8 Å². The normalized spacial score (nSPS) is 9.88. The lowest BCUT2D eigenvalue weighted by Gasteiger charge is -2.05. The van der Waals surface area contributed by atoms with E-state index in [1.54, 1.807) is 11.3 Å². The SMILES string of the molecule is N#CCc1ccc(OCc2sccc2Br)cc1. The van der Waals surface area contributed by atoms with Crippen molar-refractivity contribution in [3.05, 3.63) is 50.6 Å². The van der Waals surface area contributed by atoms with E-state index in [2.05, 4.69) is 22.0 Å². The lowest BCUT2D eigenvalue weighted by Crippen LogP contribution is -1.93. The largest absolute Gasteiger partial charge is 0.488 e. The summed E-state index contributed by atoms with van der Waals surface area (Å²) in [4.78, 5) is 1.17. The van der Waals surface area contributed by atoms with Crippen molar-refractivity contribution in [1.82, 2.24) is 0 Å². The standard InChI is InChI=1S/C13H10BrNOS/c14-12-6-8-17-13(12)9-16-11-3-1-10(2-4-11)5-7-15/h1-4,6,8H,5,9H2. The Morgan fingerprint density at radius 1 is 1.24 bits per heavy atom. The Kier molecular flexibility index (Phi) is 4.18. The quantitative estimate of drug-likeness (QED) is 0.850. The van der Waals surface area contributed by atoms with Crippen molar-refractivity contribution in [2.45, 2.75) is 13.0 Å². The molecule has 0 aliphatic carbocycles. The monoisotopic (exact) mass is 307 g/mol. The van der Waals surface area contributed by atoms with Crippen LogP contribution in [-0.2, 0) is 13.0 Å². The Balaban J connectivity index is 1.96. The van der Waals surface area contributed by atoms with Crippen molar-refractivity contribution in [1.29, 1.82) is 5.26 Å². The van der Waals surface area contributed by atoms with Crippen molar-refractivity contribution in [3.63, 3.8) is 0 Å². The Morgan fingerprint density at radius 3 is 2.59 bits per heavy atom. The number of rotatable bonds is 4. The molecule has 0 unspecified atom stereocenters. The minimum Gasteiger partial charge on any atom is -0.488 e. The minimum atomic E-state index is 0.441. The molecule has 0 saturated heterocycles. The highest BCUT2D eigenvalue weighted by Crippen LogP contribution is 2.24. The van der Waals surface area contributed by atoms with Gasteiger partial charge in [-0.05, 0) is 45.1 Å². The molecule has 0 spiro atoms. The van der Waals surface area contributed by atoms with Gasteiger partial charge >= 0.3 is 0 Å². The number of thiophene rings is 1. The maximum Gasteiger partial charge on any atom is 0.124 e. The van der Waals surface area contributed by atoms with Crippen molar-refractivity contribution >= 4 is 27.3 Å². The van der Waals surface area contributed by atoms with Crippen LogP contribution in [0.3, 0.4) is 0 Å². The molecule has 2 nitrogen and oxygen atoms in total. The van der Waals surface area contributed by atoms with Crippen molar-refractivity contribution in [3.8, 4) is 11.8 Å². The average molecular weight is 308 g/mol. The molecule has 2 rings (SSSR count). The van der Waals surface area contributed by atoms with Gasteiger partial charge in [-0.25, -0.2) is 0 Å². The zero-order valence-corrected chi connectivity index (χ0v) is 11.4. The molecule has 4 heteroatoms. The second-order valence-corrected chi connectivity index (χ2v) is 5.31. The summed E-state index contributed by atoms with van der Waals surface area (Å²) in [6.07, 6.45) is 0.441. The molecule has 1 aromatic heterocycles. The summed E-state index contributed by atoms with van der Waals surface area (Å²) in [5.74, 6) is 0.826. The van der Waals surface area contributed by atoms with Gasteiger partial charge in [0.1, 0.15) is 12.4 Å². The molecule has 1 heterocycles. The second-order valence-electron chi connectivity index (χ2n) is 3.46. The highest BCUT2D eigenvalue weighted by molar-refractivity contribution is 9.10. The van der Waals surface area contributed by atoms with Crippen molar-refractivity contribution < 1.29 is 4.74 Å². The number of nitrogens with zero attached hydrogens (tertiary/aromatic N) is 1. The third-order valence-electron chi connectivity index (χ3n) is 2.27. The van der Waals surface area contributed by atoms with Gasteiger partial charge in [0.05, 0.1) is 17.4 Å². The van der Waals surface area contributed by atoms with Gasteiger partial charge in [0.25, 0.3) is 0 Å². The van der Waals surface area contributed by atoms with E-state index < -0.39 is 0 Å². The molecule has 0 aliphatic heterocycles. The van der Waals surface area contributed by atoms with Crippen LogP contribution in [0.15, 0.2) is 40.2 Å². The maximum atomic E-state index is 8.56. The molecule has 0 atom stereocenters. The third-order valence-corrected chi connectivity index (χ3v) is 4.17. The first kappa shape index (κ1) is 12.2. The van der Waals surface area contributed by atoms with Gasteiger partial charge in [0.15, 0.2) is 0 Å². The average Bonchev–Trinajstić information content (AvgIpc) is 2.75. The lowest BCUT2D eigenvalue weighted by molar-refractivity contribution is 0.309. The number of ether oxygens (including phenoxy) is 1. The molecule has 2 aromatic rings. The Hall–Kier alpha value is -1.31. The third kappa shape index (κ3) is 3.32. The summed E-state index contributed by atoms with van der Waals surface area (Å²) in [6.45, 7) is 0.565. The number of hydrogen-bond acceptors (Lipinski definition) is 3. The van der Waals surface area contributed by atoms with Gasteiger partial charge in [-0.2, -0.15) is 5.26 Å². The van der Waals surface area contributed by atoms with Gasteiger partial charge in [-0.1, -0.05) is 12.1 Å². The van der Waals surface area contributed by atoms with Crippen LogP contribution in [0.25, 0.3) is 0 Å². The molecule has 0 radical (unpaired) electrons. The zero-order valence-electron chi connectivity index (χ0n) is 9.02. The van der Waals surface area contributed by atoms with Crippen LogP contribution in [-0.4, -0.2) is 0 Å². The molecule has 0 saturated carbocycles. The molecule has 0 aliphatic rings. The van der Waals surface area contributed by atoms with Gasteiger partial charge < -0.3 is 4.74 Å². The summed E-state index contributed by atoms with van der Waals surface area (Å²) < 4.78 is 6.75. The van der Waals surface area contributed by atoms with Crippen LogP contribution >= 0.6 is 27.3 Å². The molecule has 1 aromatic carbocycles. The van der Waals surface area contributed by atoms with Gasteiger partial charge in [-0.15, -0.1) is 11.3 Å². The molecule has 86 valence electrons. The molecule has 17 heavy (non-hydrogen) atoms. The smallest absolute Gasteiger partial charge is 0.124 e. The van der Waals surface area contributed by atoms with Crippen LogP contribution in [0, 0.1) is 11.3 Å². The van der Waals surface area contributed by atoms with Crippen LogP contribution in [0.4, 0.5) is 0 Å². The first-order chi connectivity index (χ1) is 8.29. The van der Waals surface area contributed by atoms with E-state index in [1.807, 2.05) is 35.7 Å². The molecule has 0 N–H and O–H groups in total. The molecular weight excluding hydrogens is 298 g/mol. The van der Waals surface area contributed by atoms with E-state index in [1.165, 1.54) is 4.88 Å². The molecular formula is C13H10BrNOS. The van der Waals surface area contributed by atoms with E-state index in [9.17, 15) is 0 Å². The van der Waals surface area contributed by atoms with Gasteiger partial charge in [0.2, 0.25) is 0 Å². The fraction of sp³-hybridized carbons (Fsp3) is 0.154. The highest BCUT2D eigenvalue weighted by Gasteiger charge is 2.02. The van der Waals surface area contributed by atoms with Crippen LogP contribution in [0.2, 0.25) is 0 Å². The summed E-state index contributed by atoms with van der Waals surface area (Å²) in [5, 5.41) is 10.6. The Morgan fingerprint density at radius 2 is 2.00 bits per heavy atom. The van der Waals surface area contributed by atoms with Crippen molar-refractivity contribution in [2.24, 2.45) is 0 Å². The first-order valence-corrected chi connectivity index (χ1v) is 6.77.